The number of thioether (sulfide) groups is 1. The minimum atomic E-state index is -0.298. The first kappa shape index (κ1) is 21.0. The van der Waals surface area contributed by atoms with Crippen LogP contribution < -0.4 is 4.74 Å². The van der Waals surface area contributed by atoms with Crippen LogP contribution in [0.2, 0.25) is 0 Å². The molecule has 31 heavy (non-hydrogen) atoms. The summed E-state index contributed by atoms with van der Waals surface area (Å²) < 4.78 is 26.6. The van der Waals surface area contributed by atoms with Crippen LogP contribution in [0.4, 0.5) is 4.39 Å². The van der Waals surface area contributed by atoms with E-state index >= 15 is 0 Å². The number of aryl methyl sites for hydroxylation is 1. The second kappa shape index (κ2) is 8.89. The van der Waals surface area contributed by atoms with E-state index in [2.05, 4.69) is 20.3 Å². The SMILES string of the molecule is CCn1c(SC(C)c2nc(-c3ccc(C)c(F)c3)no2)nnc1-c1ccc(OC)cc1. The third kappa shape index (κ3) is 4.32. The van der Waals surface area contributed by atoms with Crippen molar-refractivity contribution in [1.29, 1.82) is 0 Å². The molecule has 0 aliphatic carbocycles. The van der Waals surface area contributed by atoms with Gasteiger partial charge in [-0.25, -0.2) is 4.39 Å². The summed E-state index contributed by atoms with van der Waals surface area (Å²) in [7, 11) is 1.64. The topological polar surface area (TPSA) is 78.9 Å². The molecule has 0 radical (unpaired) electrons. The van der Waals surface area contributed by atoms with E-state index in [1.807, 2.05) is 42.7 Å². The van der Waals surface area contributed by atoms with Gasteiger partial charge in [0, 0.05) is 17.7 Å². The van der Waals surface area contributed by atoms with Crippen molar-refractivity contribution in [2.75, 3.05) is 7.11 Å². The van der Waals surface area contributed by atoms with E-state index in [0.717, 1.165) is 22.3 Å². The number of hydrogen-bond donors (Lipinski definition) is 0. The molecular weight excluding hydrogens is 417 g/mol. The van der Waals surface area contributed by atoms with Crippen molar-refractivity contribution in [2.45, 2.75) is 37.7 Å². The quantitative estimate of drug-likeness (QED) is 0.360. The number of rotatable bonds is 7. The Kier molecular flexibility index (Phi) is 6.03. The lowest BCUT2D eigenvalue weighted by Gasteiger charge is -2.09. The lowest BCUT2D eigenvalue weighted by Crippen LogP contribution is -2.01. The fraction of sp³-hybridized carbons (Fsp3) is 0.273. The van der Waals surface area contributed by atoms with Gasteiger partial charge in [-0.3, -0.25) is 0 Å². The summed E-state index contributed by atoms with van der Waals surface area (Å²) in [5, 5.41) is 13.3. The Morgan fingerprint density at radius 1 is 1.13 bits per heavy atom. The van der Waals surface area contributed by atoms with Gasteiger partial charge in [0.2, 0.25) is 11.7 Å². The first-order valence-electron chi connectivity index (χ1n) is 9.84. The Balaban J connectivity index is 1.55. The molecule has 9 heteroatoms. The van der Waals surface area contributed by atoms with Crippen LogP contribution in [0, 0.1) is 12.7 Å². The van der Waals surface area contributed by atoms with Crippen LogP contribution >= 0.6 is 11.8 Å². The summed E-state index contributed by atoms with van der Waals surface area (Å²) in [4.78, 5) is 4.45. The highest BCUT2D eigenvalue weighted by atomic mass is 32.2. The third-order valence-electron chi connectivity index (χ3n) is 4.88. The standard InChI is InChI=1S/C22H22FN5O2S/c1-5-28-20(15-8-10-17(29-4)11-9-15)25-26-22(28)31-14(3)21-24-19(27-30-21)16-7-6-13(2)18(23)12-16/h6-12,14H,5H2,1-4H3. The van der Waals surface area contributed by atoms with Crippen molar-refractivity contribution >= 4 is 11.8 Å². The van der Waals surface area contributed by atoms with Gasteiger partial charge >= 0.3 is 0 Å². The zero-order chi connectivity index (χ0) is 22.0. The van der Waals surface area contributed by atoms with E-state index in [1.54, 1.807) is 26.2 Å². The van der Waals surface area contributed by atoms with Gasteiger partial charge in [-0.2, -0.15) is 4.98 Å². The van der Waals surface area contributed by atoms with Crippen LogP contribution in [0.3, 0.4) is 0 Å². The van der Waals surface area contributed by atoms with Crippen LogP contribution in [0.1, 0.15) is 30.6 Å². The Labute approximate surface area is 183 Å². The van der Waals surface area contributed by atoms with Gasteiger partial charge in [-0.1, -0.05) is 29.1 Å². The van der Waals surface area contributed by atoms with Crippen molar-refractivity contribution < 1.29 is 13.7 Å². The van der Waals surface area contributed by atoms with E-state index in [-0.39, 0.29) is 11.1 Å². The number of halogens is 1. The molecule has 0 saturated heterocycles. The molecule has 2 aromatic heterocycles. The molecule has 0 spiro atoms. The van der Waals surface area contributed by atoms with Crippen molar-refractivity contribution in [3.8, 4) is 28.5 Å². The largest absolute Gasteiger partial charge is 0.497 e. The highest BCUT2D eigenvalue weighted by Crippen LogP contribution is 2.35. The minimum absolute atomic E-state index is 0.158. The van der Waals surface area contributed by atoms with E-state index in [1.165, 1.54) is 17.8 Å². The summed E-state index contributed by atoms with van der Waals surface area (Å²) in [6.45, 7) is 6.42. The van der Waals surface area contributed by atoms with Crippen LogP contribution in [0.5, 0.6) is 5.75 Å². The normalized spacial score (nSPS) is 12.2. The van der Waals surface area contributed by atoms with E-state index < -0.39 is 0 Å². The lowest BCUT2D eigenvalue weighted by atomic mass is 10.1. The molecule has 4 rings (SSSR count). The molecule has 2 heterocycles. The molecule has 0 saturated carbocycles. The van der Waals surface area contributed by atoms with E-state index in [9.17, 15) is 4.39 Å². The monoisotopic (exact) mass is 439 g/mol. The maximum absolute atomic E-state index is 13.9. The average Bonchev–Trinajstić information content (AvgIpc) is 3.43. The van der Waals surface area contributed by atoms with Crippen LogP contribution in [-0.2, 0) is 6.54 Å². The fourth-order valence-corrected chi connectivity index (χ4v) is 4.02. The molecular formula is C22H22FN5O2S. The van der Waals surface area contributed by atoms with Gasteiger partial charge in [0.1, 0.15) is 11.6 Å². The van der Waals surface area contributed by atoms with Crippen molar-refractivity contribution in [3.05, 3.63) is 59.7 Å². The van der Waals surface area contributed by atoms with Crippen LogP contribution in [0.25, 0.3) is 22.8 Å². The predicted octanol–water partition coefficient (Wildman–Crippen LogP) is 5.32. The number of aromatic nitrogens is 5. The molecule has 0 amide bonds. The van der Waals surface area contributed by atoms with Gasteiger partial charge in [-0.15, -0.1) is 10.2 Å². The van der Waals surface area contributed by atoms with Gasteiger partial charge in [0.25, 0.3) is 0 Å². The summed E-state index contributed by atoms with van der Waals surface area (Å²) in [6, 6.07) is 12.6. The molecule has 0 fully saturated rings. The van der Waals surface area contributed by atoms with Crippen molar-refractivity contribution in [3.63, 3.8) is 0 Å². The summed E-state index contributed by atoms with van der Waals surface area (Å²) in [5.74, 6) is 2.07. The minimum Gasteiger partial charge on any atom is -0.497 e. The highest BCUT2D eigenvalue weighted by molar-refractivity contribution is 7.99. The molecule has 1 atom stereocenters. The Morgan fingerprint density at radius 3 is 2.55 bits per heavy atom. The van der Waals surface area contributed by atoms with Gasteiger partial charge in [-0.05, 0) is 56.7 Å². The molecule has 7 nitrogen and oxygen atoms in total. The zero-order valence-electron chi connectivity index (χ0n) is 17.7. The maximum Gasteiger partial charge on any atom is 0.240 e. The van der Waals surface area contributed by atoms with Gasteiger partial charge in [0.15, 0.2) is 11.0 Å². The number of hydrogen-bond acceptors (Lipinski definition) is 7. The average molecular weight is 440 g/mol. The predicted molar refractivity (Wildman–Crippen MR) is 116 cm³/mol. The summed E-state index contributed by atoms with van der Waals surface area (Å²) in [5.41, 5.74) is 2.10. The maximum atomic E-state index is 13.9. The van der Waals surface area contributed by atoms with Crippen molar-refractivity contribution in [1.82, 2.24) is 24.9 Å². The number of ether oxygens (including phenoxy) is 1. The van der Waals surface area contributed by atoms with Crippen molar-refractivity contribution in [2.24, 2.45) is 0 Å². The molecule has 0 bridgehead atoms. The van der Waals surface area contributed by atoms with Gasteiger partial charge < -0.3 is 13.8 Å². The fourth-order valence-electron chi connectivity index (χ4n) is 3.07. The zero-order valence-corrected chi connectivity index (χ0v) is 18.5. The number of benzene rings is 2. The van der Waals surface area contributed by atoms with Gasteiger partial charge in [0.05, 0.1) is 12.4 Å². The molecule has 160 valence electrons. The highest BCUT2D eigenvalue weighted by Gasteiger charge is 2.21. The first-order chi connectivity index (χ1) is 15.0. The molecule has 2 aromatic carbocycles. The second-order valence-corrected chi connectivity index (χ2v) is 8.27. The third-order valence-corrected chi connectivity index (χ3v) is 5.95. The molecule has 0 aliphatic heterocycles. The molecule has 1 unspecified atom stereocenters. The smallest absolute Gasteiger partial charge is 0.240 e. The molecule has 0 aliphatic rings. The molecule has 4 aromatic rings. The summed E-state index contributed by atoms with van der Waals surface area (Å²) in [6.07, 6.45) is 0. The summed E-state index contributed by atoms with van der Waals surface area (Å²) >= 11 is 1.48. The lowest BCUT2D eigenvalue weighted by molar-refractivity contribution is 0.380. The number of nitrogens with zero attached hydrogens (tertiary/aromatic N) is 5. The van der Waals surface area contributed by atoms with E-state index in [0.29, 0.717) is 29.4 Å². The Morgan fingerprint density at radius 2 is 1.87 bits per heavy atom. The number of methoxy groups -OCH3 is 1. The second-order valence-electron chi connectivity index (χ2n) is 6.96. The Bertz CT molecular complexity index is 1190. The first-order valence-corrected chi connectivity index (χ1v) is 10.7. The molecule has 0 N–H and O–H groups in total. The van der Waals surface area contributed by atoms with Crippen LogP contribution in [-0.4, -0.2) is 32.0 Å². The van der Waals surface area contributed by atoms with Crippen LogP contribution in [0.15, 0.2) is 52.1 Å². The van der Waals surface area contributed by atoms with E-state index in [4.69, 9.17) is 9.26 Å². The Hall–Kier alpha value is -3.20.